The number of benzene rings is 2. The van der Waals surface area contributed by atoms with E-state index in [9.17, 15) is 17.6 Å². The second-order valence-electron chi connectivity index (χ2n) is 5.02. The average Bonchev–Trinajstić information content (AvgIpc) is 2.59. The fourth-order valence-corrected chi connectivity index (χ4v) is 3.49. The number of pyridine rings is 1. The Morgan fingerprint density at radius 2 is 1.84 bits per heavy atom. The molecule has 0 spiro atoms. The first-order valence-corrected chi connectivity index (χ1v) is 8.86. The summed E-state index contributed by atoms with van der Waals surface area (Å²) in [7, 11) is -4.16. The van der Waals surface area contributed by atoms with Crippen LogP contribution in [0.15, 0.2) is 59.5 Å². The molecule has 0 atom stereocenters. The van der Waals surface area contributed by atoms with Crippen molar-refractivity contribution in [3.8, 4) is 0 Å². The number of hydrazine groups is 1. The van der Waals surface area contributed by atoms with Gasteiger partial charge in [-0.3, -0.25) is 10.2 Å². The van der Waals surface area contributed by atoms with Crippen LogP contribution in [0.25, 0.3) is 10.9 Å². The number of nitrogens with zero attached hydrogens (tertiary/aromatic N) is 1. The summed E-state index contributed by atoms with van der Waals surface area (Å²) in [5.41, 5.74) is 2.68. The number of sulfonamides is 1. The number of para-hydroxylation sites is 1. The third kappa shape index (κ3) is 3.76. The van der Waals surface area contributed by atoms with E-state index in [2.05, 4.69) is 10.4 Å². The Kier molecular flexibility index (Phi) is 4.67. The number of carbonyl (C=O) groups excluding carboxylic acids is 1. The lowest BCUT2D eigenvalue weighted by Crippen LogP contribution is -2.41. The molecule has 0 unspecified atom stereocenters. The molecule has 0 radical (unpaired) electrons. The van der Waals surface area contributed by atoms with Gasteiger partial charge in [-0.25, -0.2) is 17.8 Å². The first kappa shape index (κ1) is 17.3. The Morgan fingerprint density at radius 3 is 2.60 bits per heavy atom. The molecule has 25 heavy (non-hydrogen) atoms. The van der Waals surface area contributed by atoms with Gasteiger partial charge in [0.15, 0.2) is 0 Å². The lowest BCUT2D eigenvalue weighted by molar-refractivity contribution is 0.0940. The predicted octanol–water partition coefficient (Wildman–Crippen LogP) is 2.65. The van der Waals surface area contributed by atoms with E-state index in [1.165, 1.54) is 6.07 Å². The van der Waals surface area contributed by atoms with E-state index in [1.807, 2.05) is 17.0 Å². The summed E-state index contributed by atoms with van der Waals surface area (Å²) in [5.74, 6) is -1.42. The molecule has 0 aliphatic rings. The van der Waals surface area contributed by atoms with Crippen LogP contribution in [-0.4, -0.2) is 19.3 Å². The second-order valence-corrected chi connectivity index (χ2v) is 7.08. The number of amides is 1. The van der Waals surface area contributed by atoms with Crippen molar-refractivity contribution in [1.82, 2.24) is 15.2 Å². The fraction of sp³-hybridized carbons (Fsp3) is 0. The molecule has 2 N–H and O–H groups in total. The molecule has 128 valence electrons. The molecule has 2 aromatic carbocycles. The zero-order valence-electron chi connectivity index (χ0n) is 12.5. The van der Waals surface area contributed by atoms with Crippen molar-refractivity contribution < 1.29 is 17.6 Å². The zero-order chi connectivity index (χ0) is 18.0. The van der Waals surface area contributed by atoms with E-state index >= 15 is 0 Å². The standard InChI is InChI=1S/C16H11ClFN3O3S/c17-12-9-11(18)6-8-15(12)25(23,24)21-20-16(22)14-7-5-10-3-1-2-4-13(10)19-14/h1-9,21H,(H,20,22). The molecule has 0 aliphatic carbocycles. The van der Waals surface area contributed by atoms with Crippen molar-refractivity contribution in [1.29, 1.82) is 0 Å². The lowest BCUT2D eigenvalue weighted by Gasteiger charge is -2.09. The SMILES string of the molecule is O=C(NNS(=O)(=O)c1ccc(F)cc1Cl)c1ccc2ccccc2n1. The van der Waals surface area contributed by atoms with Crippen molar-refractivity contribution in [3.05, 3.63) is 71.1 Å². The van der Waals surface area contributed by atoms with Crippen LogP contribution in [0.3, 0.4) is 0 Å². The topological polar surface area (TPSA) is 88.2 Å². The van der Waals surface area contributed by atoms with Crippen LogP contribution in [0, 0.1) is 5.82 Å². The first-order valence-electron chi connectivity index (χ1n) is 7.00. The molecule has 1 heterocycles. The number of hydrogen-bond acceptors (Lipinski definition) is 4. The Morgan fingerprint density at radius 1 is 1.08 bits per heavy atom. The van der Waals surface area contributed by atoms with Gasteiger partial charge in [0.05, 0.1) is 10.5 Å². The van der Waals surface area contributed by atoms with Crippen molar-refractivity contribution in [2.75, 3.05) is 0 Å². The maximum absolute atomic E-state index is 13.0. The molecule has 6 nitrogen and oxygen atoms in total. The van der Waals surface area contributed by atoms with Gasteiger partial charge in [-0.2, -0.15) is 0 Å². The van der Waals surface area contributed by atoms with Gasteiger partial charge >= 0.3 is 0 Å². The predicted molar refractivity (Wildman–Crippen MR) is 90.9 cm³/mol. The smallest absolute Gasteiger partial charge is 0.272 e. The van der Waals surface area contributed by atoms with Gasteiger partial charge in [0.2, 0.25) is 0 Å². The van der Waals surface area contributed by atoms with E-state index in [0.29, 0.717) is 5.52 Å². The van der Waals surface area contributed by atoms with Gasteiger partial charge in [-0.1, -0.05) is 35.9 Å². The highest BCUT2D eigenvalue weighted by Gasteiger charge is 2.20. The van der Waals surface area contributed by atoms with Gasteiger partial charge in [-0.15, -0.1) is 4.83 Å². The van der Waals surface area contributed by atoms with Crippen molar-refractivity contribution >= 4 is 38.4 Å². The average molecular weight is 380 g/mol. The highest BCUT2D eigenvalue weighted by atomic mass is 35.5. The molecule has 0 fully saturated rings. The van der Waals surface area contributed by atoms with Crippen LogP contribution >= 0.6 is 11.6 Å². The molecule has 3 aromatic rings. The maximum atomic E-state index is 13.0. The lowest BCUT2D eigenvalue weighted by atomic mass is 10.2. The summed E-state index contributed by atoms with van der Waals surface area (Å²) in [6.45, 7) is 0. The number of fused-ring (bicyclic) bond motifs is 1. The molecule has 9 heteroatoms. The van der Waals surface area contributed by atoms with Gasteiger partial charge < -0.3 is 0 Å². The normalized spacial score (nSPS) is 11.4. The maximum Gasteiger partial charge on any atom is 0.284 e. The summed E-state index contributed by atoms with van der Waals surface area (Å²) in [5, 5.41) is 0.545. The minimum absolute atomic E-state index is 0.0339. The first-order chi connectivity index (χ1) is 11.9. The summed E-state index contributed by atoms with van der Waals surface area (Å²) >= 11 is 5.73. The number of aromatic nitrogens is 1. The Labute approximate surface area is 147 Å². The van der Waals surface area contributed by atoms with E-state index in [4.69, 9.17) is 11.6 Å². The largest absolute Gasteiger partial charge is 0.284 e. The minimum Gasteiger partial charge on any atom is -0.272 e. The van der Waals surface area contributed by atoms with E-state index in [-0.39, 0.29) is 15.6 Å². The van der Waals surface area contributed by atoms with Gasteiger partial charge in [-0.05, 0) is 30.3 Å². The number of nitrogens with one attached hydrogen (secondary N) is 2. The van der Waals surface area contributed by atoms with Crippen molar-refractivity contribution in [3.63, 3.8) is 0 Å². The Hall–Kier alpha value is -2.55. The summed E-state index contributed by atoms with van der Waals surface area (Å²) < 4.78 is 37.3. The Bertz CT molecular complexity index is 1070. The fourth-order valence-electron chi connectivity index (χ4n) is 2.12. The van der Waals surface area contributed by atoms with Gasteiger partial charge in [0.1, 0.15) is 16.4 Å². The van der Waals surface area contributed by atoms with Crippen molar-refractivity contribution in [2.45, 2.75) is 4.90 Å². The summed E-state index contributed by atoms with van der Waals surface area (Å²) in [6.07, 6.45) is 0. The van der Waals surface area contributed by atoms with Gasteiger partial charge in [0.25, 0.3) is 15.9 Å². The molecule has 0 saturated carbocycles. The van der Waals surface area contributed by atoms with E-state index in [1.54, 1.807) is 18.2 Å². The van der Waals surface area contributed by atoms with Crippen LogP contribution in [-0.2, 0) is 10.0 Å². The van der Waals surface area contributed by atoms with Crippen LogP contribution in [0.1, 0.15) is 10.5 Å². The third-order valence-electron chi connectivity index (χ3n) is 3.31. The van der Waals surface area contributed by atoms with Gasteiger partial charge in [0, 0.05) is 5.39 Å². The number of hydrogen-bond donors (Lipinski definition) is 2. The van der Waals surface area contributed by atoms with E-state index in [0.717, 1.165) is 23.6 Å². The molecule has 1 amide bonds. The molecule has 0 saturated heterocycles. The monoisotopic (exact) mass is 379 g/mol. The minimum atomic E-state index is -4.16. The summed E-state index contributed by atoms with van der Waals surface area (Å²) in [4.78, 5) is 17.8. The molecular weight excluding hydrogens is 369 g/mol. The number of halogens is 2. The molecular formula is C16H11ClFN3O3S. The van der Waals surface area contributed by atoms with Crippen LogP contribution < -0.4 is 10.3 Å². The second kappa shape index (κ2) is 6.75. The highest BCUT2D eigenvalue weighted by Crippen LogP contribution is 2.21. The molecule has 3 rings (SSSR count). The quantitative estimate of drug-likeness (QED) is 0.682. The number of rotatable bonds is 4. The molecule has 0 bridgehead atoms. The summed E-state index contributed by atoms with van der Waals surface area (Å²) in [6, 6.07) is 13.2. The highest BCUT2D eigenvalue weighted by molar-refractivity contribution is 7.89. The van der Waals surface area contributed by atoms with Crippen LogP contribution in [0.2, 0.25) is 5.02 Å². The number of carbonyl (C=O) groups is 1. The van der Waals surface area contributed by atoms with Crippen molar-refractivity contribution in [2.24, 2.45) is 0 Å². The van der Waals surface area contributed by atoms with Crippen LogP contribution in [0.5, 0.6) is 0 Å². The van der Waals surface area contributed by atoms with Crippen LogP contribution in [0.4, 0.5) is 4.39 Å². The Balaban J connectivity index is 1.78. The van der Waals surface area contributed by atoms with E-state index < -0.39 is 21.7 Å². The molecule has 1 aromatic heterocycles. The zero-order valence-corrected chi connectivity index (χ0v) is 14.1. The third-order valence-corrected chi connectivity index (χ3v) is 5.04. The molecule has 0 aliphatic heterocycles.